The predicted molar refractivity (Wildman–Crippen MR) is 132 cm³/mol. The Kier molecular flexibility index (Phi) is 6.06. The zero-order valence-corrected chi connectivity index (χ0v) is 19.7. The lowest BCUT2D eigenvalue weighted by molar-refractivity contribution is 0.143. The SMILES string of the molecule is C=C1CNC/C1=C/c1cnc(-c2c(OC(=O)N3CCCCC3)c(-c3ccc(C)cc3)nn2C)[nH]1. The molecule has 8 nitrogen and oxygen atoms in total. The molecule has 8 heteroatoms. The van der Waals surface area contributed by atoms with Gasteiger partial charge in [0.15, 0.2) is 11.6 Å². The number of imidazole rings is 1. The number of benzene rings is 1. The van der Waals surface area contributed by atoms with Crippen LogP contribution in [-0.4, -0.2) is 56.9 Å². The number of likely N-dealkylation sites (tertiary alicyclic amines) is 1. The van der Waals surface area contributed by atoms with Crippen molar-refractivity contribution in [3.8, 4) is 28.5 Å². The van der Waals surface area contributed by atoms with E-state index in [0.717, 1.165) is 60.3 Å². The second-order valence-corrected chi connectivity index (χ2v) is 9.00. The van der Waals surface area contributed by atoms with Gasteiger partial charge in [-0.15, -0.1) is 0 Å². The molecule has 2 saturated heterocycles. The average molecular weight is 459 g/mol. The van der Waals surface area contributed by atoms with Gasteiger partial charge in [-0.3, -0.25) is 4.68 Å². The molecule has 1 aromatic carbocycles. The van der Waals surface area contributed by atoms with E-state index in [4.69, 9.17) is 9.84 Å². The van der Waals surface area contributed by atoms with Crippen LogP contribution in [0.4, 0.5) is 4.79 Å². The van der Waals surface area contributed by atoms with Gasteiger partial charge in [0.2, 0.25) is 0 Å². The first kappa shape index (κ1) is 22.2. The van der Waals surface area contributed by atoms with Crippen LogP contribution in [0, 0.1) is 6.92 Å². The highest BCUT2D eigenvalue weighted by molar-refractivity contribution is 5.82. The summed E-state index contributed by atoms with van der Waals surface area (Å²) in [6, 6.07) is 8.05. The Labute approximate surface area is 199 Å². The van der Waals surface area contributed by atoms with Gasteiger partial charge in [-0.2, -0.15) is 5.10 Å². The monoisotopic (exact) mass is 458 g/mol. The number of carbonyl (C=O) groups excluding carboxylic acids is 1. The minimum absolute atomic E-state index is 0.343. The summed E-state index contributed by atoms with van der Waals surface area (Å²) < 4.78 is 7.76. The molecule has 2 aliphatic rings. The Bertz CT molecular complexity index is 1240. The average Bonchev–Trinajstić information content (AvgIpc) is 3.55. The fourth-order valence-electron chi connectivity index (χ4n) is 4.45. The zero-order chi connectivity index (χ0) is 23.7. The molecule has 176 valence electrons. The Balaban J connectivity index is 1.54. The van der Waals surface area contributed by atoms with Gasteiger partial charge in [0.05, 0.1) is 11.9 Å². The van der Waals surface area contributed by atoms with Crippen LogP contribution in [0.1, 0.15) is 30.5 Å². The van der Waals surface area contributed by atoms with E-state index in [-0.39, 0.29) is 6.09 Å². The number of aromatic nitrogens is 4. The van der Waals surface area contributed by atoms with Crippen molar-refractivity contribution in [1.82, 2.24) is 30.0 Å². The fraction of sp³-hybridized carbons (Fsp3) is 0.346. The Morgan fingerprint density at radius 2 is 1.91 bits per heavy atom. The third-order valence-electron chi connectivity index (χ3n) is 6.39. The lowest BCUT2D eigenvalue weighted by atomic mass is 10.1. The maximum absolute atomic E-state index is 13.1. The second kappa shape index (κ2) is 9.30. The van der Waals surface area contributed by atoms with Crippen molar-refractivity contribution in [2.75, 3.05) is 26.2 Å². The lowest BCUT2D eigenvalue weighted by Gasteiger charge is -2.25. The fourth-order valence-corrected chi connectivity index (χ4v) is 4.45. The molecule has 34 heavy (non-hydrogen) atoms. The number of nitrogens with zero attached hydrogens (tertiary/aromatic N) is 4. The largest absolute Gasteiger partial charge is 0.415 e. The summed E-state index contributed by atoms with van der Waals surface area (Å²) in [7, 11) is 1.84. The van der Waals surface area contributed by atoms with E-state index < -0.39 is 0 Å². The van der Waals surface area contributed by atoms with Gasteiger partial charge in [-0.25, -0.2) is 9.78 Å². The van der Waals surface area contributed by atoms with E-state index >= 15 is 0 Å². The maximum atomic E-state index is 13.1. The van der Waals surface area contributed by atoms with E-state index in [1.165, 1.54) is 0 Å². The van der Waals surface area contributed by atoms with E-state index in [1.54, 1.807) is 15.8 Å². The first-order valence-corrected chi connectivity index (χ1v) is 11.7. The molecule has 0 bridgehead atoms. The molecule has 2 fully saturated rings. The van der Waals surface area contributed by atoms with Gasteiger partial charge in [0.1, 0.15) is 11.4 Å². The Morgan fingerprint density at radius 1 is 1.15 bits per heavy atom. The highest BCUT2D eigenvalue weighted by Gasteiger charge is 2.27. The van der Waals surface area contributed by atoms with Crippen LogP contribution >= 0.6 is 0 Å². The number of amides is 1. The van der Waals surface area contributed by atoms with Gasteiger partial charge >= 0.3 is 6.09 Å². The van der Waals surface area contributed by atoms with Gasteiger partial charge in [-0.1, -0.05) is 36.4 Å². The van der Waals surface area contributed by atoms with Crippen molar-refractivity contribution in [1.29, 1.82) is 0 Å². The molecular weight excluding hydrogens is 428 g/mol. The Hall–Kier alpha value is -3.65. The minimum Gasteiger partial charge on any atom is -0.405 e. The van der Waals surface area contributed by atoms with E-state index in [9.17, 15) is 4.79 Å². The highest BCUT2D eigenvalue weighted by atomic mass is 16.6. The minimum atomic E-state index is -0.343. The molecule has 0 radical (unpaired) electrons. The summed E-state index contributed by atoms with van der Waals surface area (Å²) in [4.78, 5) is 22.8. The molecule has 0 saturated carbocycles. The van der Waals surface area contributed by atoms with Crippen LogP contribution in [0.5, 0.6) is 5.75 Å². The summed E-state index contributed by atoms with van der Waals surface area (Å²) >= 11 is 0. The number of piperidine rings is 1. The standard InChI is InChI=1S/C26H30N6O2/c1-17-7-9-19(10-8-17)22-24(34-26(33)32-11-5-4-6-12-32)23(31(3)30-22)25-28-16-21(29-25)13-20-15-27-14-18(20)2/h7-10,13,16,27H,2,4-6,11-12,14-15H2,1,3H3,(H,28,29)/b20-13-. The molecule has 2 aromatic heterocycles. The number of aromatic amines is 1. The van der Waals surface area contributed by atoms with Crippen molar-refractivity contribution >= 4 is 12.2 Å². The first-order chi connectivity index (χ1) is 16.5. The van der Waals surface area contributed by atoms with E-state index in [0.29, 0.717) is 36.1 Å². The molecule has 2 N–H and O–H groups in total. The molecule has 0 spiro atoms. The number of nitrogens with one attached hydrogen (secondary N) is 2. The number of hydrogen-bond donors (Lipinski definition) is 2. The van der Waals surface area contributed by atoms with Crippen molar-refractivity contribution in [3.63, 3.8) is 0 Å². The number of H-pyrrole nitrogens is 1. The molecule has 0 aliphatic carbocycles. The third-order valence-corrected chi connectivity index (χ3v) is 6.39. The summed E-state index contributed by atoms with van der Waals surface area (Å²) in [5.74, 6) is 1.01. The Morgan fingerprint density at radius 3 is 2.62 bits per heavy atom. The predicted octanol–water partition coefficient (Wildman–Crippen LogP) is 4.31. The van der Waals surface area contributed by atoms with Crippen LogP contribution in [0.3, 0.4) is 0 Å². The van der Waals surface area contributed by atoms with Crippen LogP contribution < -0.4 is 10.1 Å². The molecule has 0 atom stereocenters. The number of aryl methyl sites for hydroxylation is 2. The van der Waals surface area contributed by atoms with Crippen molar-refractivity contribution in [2.45, 2.75) is 26.2 Å². The topological polar surface area (TPSA) is 88.1 Å². The van der Waals surface area contributed by atoms with Crippen molar-refractivity contribution in [2.24, 2.45) is 7.05 Å². The first-order valence-electron chi connectivity index (χ1n) is 11.7. The van der Waals surface area contributed by atoms with Crippen LogP contribution in [-0.2, 0) is 7.05 Å². The second-order valence-electron chi connectivity index (χ2n) is 9.00. The quantitative estimate of drug-likeness (QED) is 0.608. The highest BCUT2D eigenvalue weighted by Crippen LogP contribution is 2.38. The van der Waals surface area contributed by atoms with Crippen LogP contribution in [0.25, 0.3) is 28.9 Å². The molecular formula is C26H30N6O2. The molecule has 2 aliphatic heterocycles. The number of ether oxygens (including phenoxy) is 1. The molecule has 5 rings (SSSR count). The normalized spacial score (nSPS) is 17.5. The van der Waals surface area contributed by atoms with Crippen LogP contribution in [0.15, 0.2) is 48.2 Å². The summed E-state index contributed by atoms with van der Waals surface area (Å²) in [5, 5.41) is 8.03. The number of hydrogen-bond acceptors (Lipinski definition) is 5. The lowest BCUT2D eigenvalue weighted by Crippen LogP contribution is -2.37. The summed E-state index contributed by atoms with van der Waals surface area (Å²) in [6.07, 6.45) is 6.62. The number of carbonyl (C=O) groups is 1. The summed E-state index contributed by atoms with van der Waals surface area (Å²) in [6.45, 7) is 9.15. The molecule has 4 heterocycles. The van der Waals surface area contributed by atoms with Crippen LogP contribution in [0.2, 0.25) is 0 Å². The zero-order valence-electron chi connectivity index (χ0n) is 19.7. The molecule has 3 aromatic rings. The summed E-state index contributed by atoms with van der Waals surface area (Å²) in [5.41, 5.74) is 6.38. The van der Waals surface area contributed by atoms with E-state index in [2.05, 4.69) is 27.9 Å². The van der Waals surface area contributed by atoms with Gasteiger partial charge < -0.3 is 19.9 Å². The van der Waals surface area contributed by atoms with Gasteiger partial charge in [-0.05, 0) is 43.4 Å². The van der Waals surface area contributed by atoms with Gasteiger partial charge in [0.25, 0.3) is 0 Å². The molecule has 1 amide bonds. The third kappa shape index (κ3) is 4.41. The smallest absolute Gasteiger partial charge is 0.405 e. The number of rotatable bonds is 4. The molecule has 0 unspecified atom stereocenters. The van der Waals surface area contributed by atoms with Crippen molar-refractivity contribution < 1.29 is 9.53 Å². The van der Waals surface area contributed by atoms with E-state index in [1.807, 2.05) is 38.2 Å². The maximum Gasteiger partial charge on any atom is 0.415 e. The van der Waals surface area contributed by atoms with Crippen molar-refractivity contribution in [3.05, 3.63) is 59.4 Å². The van der Waals surface area contributed by atoms with Gasteiger partial charge in [0, 0.05) is 38.8 Å².